The lowest BCUT2D eigenvalue weighted by Crippen LogP contribution is -2.05. The first-order valence-corrected chi connectivity index (χ1v) is 5.60. The number of hydrogen-bond donors (Lipinski definition) is 0. The predicted octanol–water partition coefficient (Wildman–Crippen LogP) is 2.43. The molecule has 1 aromatic carbocycles. The van der Waals surface area contributed by atoms with Gasteiger partial charge in [-0.05, 0) is 36.4 Å². The van der Waals surface area contributed by atoms with Crippen LogP contribution in [0.3, 0.4) is 0 Å². The van der Waals surface area contributed by atoms with Crippen molar-refractivity contribution in [3.63, 3.8) is 0 Å². The number of methoxy groups -OCH3 is 1. The van der Waals surface area contributed by atoms with Gasteiger partial charge in [0.1, 0.15) is 0 Å². The number of benzene rings is 1. The number of rotatable bonds is 3. The Labute approximate surface area is 88.7 Å². The zero-order valence-corrected chi connectivity index (χ0v) is 9.48. The minimum atomic E-state index is -0.190. The van der Waals surface area contributed by atoms with Crippen molar-refractivity contribution in [3.05, 3.63) is 29.3 Å². The van der Waals surface area contributed by atoms with E-state index in [-0.39, 0.29) is 5.97 Å². The van der Waals surface area contributed by atoms with Crippen LogP contribution in [-0.4, -0.2) is 19.3 Å². The third kappa shape index (κ3) is 2.77. The van der Waals surface area contributed by atoms with E-state index in [1.165, 1.54) is 12.0 Å². The smallest absolute Gasteiger partial charge is 0.309 e. The van der Waals surface area contributed by atoms with Gasteiger partial charge in [-0.25, -0.2) is 0 Å². The Balaban J connectivity index is 2.83. The highest BCUT2D eigenvalue weighted by atomic mass is 32.2. The Morgan fingerprint density at radius 3 is 2.71 bits per heavy atom. The molecule has 14 heavy (non-hydrogen) atoms. The number of carbonyl (C=O) groups is 1. The molecule has 0 saturated carbocycles. The van der Waals surface area contributed by atoms with Gasteiger partial charge in [-0.1, -0.05) is 6.07 Å². The van der Waals surface area contributed by atoms with Gasteiger partial charge in [-0.2, -0.15) is 0 Å². The van der Waals surface area contributed by atoms with E-state index in [4.69, 9.17) is 0 Å². The molecule has 0 saturated heterocycles. The van der Waals surface area contributed by atoms with Gasteiger partial charge in [0, 0.05) is 4.90 Å². The van der Waals surface area contributed by atoms with Crippen molar-refractivity contribution < 1.29 is 9.53 Å². The maximum Gasteiger partial charge on any atom is 0.309 e. The quantitative estimate of drug-likeness (QED) is 0.566. The highest BCUT2D eigenvalue weighted by Crippen LogP contribution is 2.19. The molecule has 0 bridgehead atoms. The van der Waals surface area contributed by atoms with Crippen molar-refractivity contribution in [2.45, 2.75) is 18.2 Å². The summed E-state index contributed by atoms with van der Waals surface area (Å²) in [6.45, 7) is 2.01. The summed E-state index contributed by atoms with van der Waals surface area (Å²) in [5.74, 6) is -0.190. The van der Waals surface area contributed by atoms with Crippen LogP contribution in [-0.2, 0) is 16.0 Å². The lowest BCUT2D eigenvalue weighted by Gasteiger charge is -2.05. The van der Waals surface area contributed by atoms with E-state index >= 15 is 0 Å². The molecular weight excluding hydrogens is 196 g/mol. The van der Waals surface area contributed by atoms with Gasteiger partial charge < -0.3 is 4.74 Å². The van der Waals surface area contributed by atoms with Crippen LogP contribution in [0.25, 0.3) is 0 Å². The molecule has 0 aliphatic rings. The molecule has 0 aliphatic heterocycles. The monoisotopic (exact) mass is 210 g/mol. The fourth-order valence-corrected chi connectivity index (χ4v) is 1.72. The minimum Gasteiger partial charge on any atom is -0.469 e. The summed E-state index contributed by atoms with van der Waals surface area (Å²) < 4.78 is 4.62. The number of carbonyl (C=O) groups excluding carboxylic acids is 1. The van der Waals surface area contributed by atoms with E-state index in [1.54, 1.807) is 11.8 Å². The molecule has 76 valence electrons. The van der Waals surface area contributed by atoms with Gasteiger partial charge in [-0.15, -0.1) is 11.8 Å². The molecule has 1 aromatic rings. The Morgan fingerprint density at radius 1 is 1.50 bits per heavy atom. The lowest BCUT2D eigenvalue weighted by atomic mass is 10.1. The van der Waals surface area contributed by atoms with Gasteiger partial charge in [0.05, 0.1) is 13.5 Å². The first kappa shape index (κ1) is 11.1. The normalized spacial score (nSPS) is 9.93. The molecular formula is C11H14O2S. The third-order valence-electron chi connectivity index (χ3n) is 2.11. The second-order valence-electron chi connectivity index (χ2n) is 3.05. The van der Waals surface area contributed by atoms with Crippen LogP contribution in [0.4, 0.5) is 0 Å². The highest BCUT2D eigenvalue weighted by molar-refractivity contribution is 7.98. The average molecular weight is 210 g/mol. The van der Waals surface area contributed by atoms with E-state index in [0.29, 0.717) is 6.42 Å². The number of ether oxygens (including phenoxy) is 1. The molecule has 0 unspecified atom stereocenters. The Bertz CT molecular complexity index is 334. The van der Waals surface area contributed by atoms with Gasteiger partial charge in [0.25, 0.3) is 0 Å². The molecule has 0 spiro atoms. The third-order valence-corrected chi connectivity index (χ3v) is 2.84. The van der Waals surface area contributed by atoms with Crippen molar-refractivity contribution in [1.82, 2.24) is 0 Å². The van der Waals surface area contributed by atoms with E-state index < -0.39 is 0 Å². The second-order valence-corrected chi connectivity index (χ2v) is 3.92. The van der Waals surface area contributed by atoms with Gasteiger partial charge >= 0.3 is 5.97 Å². The molecule has 0 heterocycles. The molecule has 0 N–H and O–H groups in total. The Morgan fingerprint density at radius 2 is 2.21 bits per heavy atom. The molecule has 0 atom stereocenters. The highest BCUT2D eigenvalue weighted by Gasteiger charge is 2.05. The number of esters is 1. The minimum absolute atomic E-state index is 0.190. The zero-order chi connectivity index (χ0) is 10.6. The number of thioether (sulfide) groups is 1. The molecule has 0 aromatic heterocycles. The van der Waals surface area contributed by atoms with E-state index in [9.17, 15) is 4.79 Å². The van der Waals surface area contributed by atoms with Crippen LogP contribution in [0.1, 0.15) is 11.1 Å². The summed E-state index contributed by atoms with van der Waals surface area (Å²) in [7, 11) is 1.41. The molecule has 0 amide bonds. The first-order chi connectivity index (χ1) is 6.67. The first-order valence-electron chi connectivity index (χ1n) is 4.37. The number of aryl methyl sites for hydroxylation is 1. The summed E-state index contributed by atoms with van der Waals surface area (Å²) in [6.07, 6.45) is 2.39. The van der Waals surface area contributed by atoms with Crippen molar-refractivity contribution in [2.75, 3.05) is 13.4 Å². The van der Waals surface area contributed by atoms with E-state index in [1.807, 2.05) is 25.3 Å². The SMILES string of the molecule is COC(=O)Cc1ccc(SC)cc1C. The zero-order valence-electron chi connectivity index (χ0n) is 8.66. The molecule has 1 rings (SSSR count). The predicted molar refractivity (Wildman–Crippen MR) is 58.7 cm³/mol. The summed E-state index contributed by atoms with van der Waals surface area (Å²) in [5, 5.41) is 0. The standard InChI is InChI=1S/C11H14O2S/c1-8-6-10(14-3)5-4-9(8)7-11(12)13-2/h4-6H,7H2,1-3H3. The van der Waals surface area contributed by atoms with Crippen molar-refractivity contribution in [3.8, 4) is 0 Å². The van der Waals surface area contributed by atoms with Crippen molar-refractivity contribution >= 4 is 17.7 Å². The van der Waals surface area contributed by atoms with Crippen LogP contribution < -0.4 is 0 Å². The molecule has 0 fully saturated rings. The summed E-state index contributed by atoms with van der Waals surface area (Å²) in [4.78, 5) is 12.3. The van der Waals surface area contributed by atoms with Gasteiger partial charge in [0.15, 0.2) is 0 Å². The van der Waals surface area contributed by atoms with Crippen molar-refractivity contribution in [2.24, 2.45) is 0 Å². The van der Waals surface area contributed by atoms with Crippen LogP contribution >= 0.6 is 11.8 Å². The molecule has 3 heteroatoms. The second kappa shape index (κ2) is 5.05. The molecule has 0 aliphatic carbocycles. The fourth-order valence-electron chi connectivity index (χ4n) is 1.22. The Hall–Kier alpha value is -0.960. The maximum atomic E-state index is 11.1. The largest absolute Gasteiger partial charge is 0.469 e. The average Bonchev–Trinajstić information content (AvgIpc) is 2.20. The topological polar surface area (TPSA) is 26.3 Å². The molecule has 0 radical (unpaired) electrons. The number of hydrogen-bond acceptors (Lipinski definition) is 3. The molecule has 2 nitrogen and oxygen atoms in total. The maximum absolute atomic E-state index is 11.1. The van der Waals surface area contributed by atoms with Crippen LogP contribution in [0, 0.1) is 6.92 Å². The Kier molecular flexibility index (Phi) is 4.01. The van der Waals surface area contributed by atoms with E-state index in [2.05, 4.69) is 10.8 Å². The van der Waals surface area contributed by atoms with Crippen LogP contribution in [0.2, 0.25) is 0 Å². The lowest BCUT2D eigenvalue weighted by molar-refractivity contribution is -0.139. The van der Waals surface area contributed by atoms with E-state index in [0.717, 1.165) is 11.1 Å². The van der Waals surface area contributed by atoms with Gasteiger partial charge in [-0.3, -0.25) is 4.79 Å². The van der Waals surface area contributed by atoms with Crippen molar-refractivity contribution in [1.29, 1.82) is 0 Å². The summed E-state index contributed by atoms with van der Waals surface area (Å²) in [5.41, 5.74) is 2.18. The summed E-state index contributed by atoms with van der Waals surface area (Å²) in [6, 6.07) is 6.09. The van der Waals surface area contributed by atoms with Gasteiger partial charge in [0.2, 0.25) is 0 Å². The fraction of sp³-hybridized carbons (Fsp3) is 0.364. The van der Waals surface area contributed by atoms with Crippen LogP contribution in [0.15, 0.2) is 23.1 Å². The summed E-state index contributed by atoms with van der Waals surface area (Å²) >= 11 is 1.70. The van der Waals surface area contributed by atoms with Crippen LogP contribution in [0.5, 0.6) is 0 Å².